The van der Waals surface area contributed by atoms with Gasteiger partial charge in [0.1, 0.15) is 12.4 Å². The van der Waals surface area contributed by atoms with Gasteiger partial charge in [-0.1, -0.05) is 23.2 Å². The van der Waals surface area contributed by atoms with Crippen LogP contribution in [-0.4, -0.2) is 25.2 Å². The summed E-state index contributed by atoms with van der Waals surface area (Å²) in [7, 11) is 0. The van der Waals surface area contributed by atoms with Gasteiger partial charge in [-0.25, -0.2) is 0 Å². The fourth-order valence-corrected chi connectivity index (χ4v) is 1.73. The minimum atomic E-state index is -4.38. The highest BCUT2D eigenvalue weighted by Gasteiger charge is 2.27. The van der Waals surface area contributed by atoms with E-state index in [1.165, 1.54) is 0 Å². The Balaban J connectivity index is 2.37. The van der Waals surface area contributed by atoms with Crippen LogP contribution in [-0.2, 0) is 16.0 Å². The Hall–Kier alpha value is -0.780. The van der Waals surface area contributed by atoms with Gasteiger partial charge in [-0.05, 0) is 23.8 Å². The third kappa shape index (κ3) is 6.80. The van der Waals surface area contributed by atoms with Gasteiger partial charge in [-0.3, -0.25) is 4.79 Å². The van der Waals surface area contributed by atoms with Crippen LogP contribution in [0.15, 0.2) is 18.2 Å². The van der Waals surface area contributed by atoms with Crippen LogP contribution >= 0.6 is 23.2 Å². The normalized spacial score (nSPS) is 11.6. The van der Waals surface area contributed by atoms with Gasteiger partial charge in [0.05, 0.1) is 6.61 Å². The fourth-order valence-electron chi connectivity index (χ4n) is 1.35. The Morgan fingerprint density at radius 2 is 1.95 bits per heavy atom. The first-order valence-electron chi connectivity index (χ1n) is 5.38. The van der Waals surface area contributed by atoms with Crippen molar-refractivity contribution in [2.24, 2.45) is 0 Å². The van der Waals surface area contributed by atoms with E-state index in [9.17, 15) is 18.0 Å². The second-order valence-corrected chi connectivity index (χ2v) is 4.71. The van der Waals surface area contributed by atoms with Crippen LogP contribution in [0.25, 0.3) is 0 Å². The Morgan fingerprint density at radius 3 is 2.58 bits per heavy atom. The first-order valence-corrected chi connectivity index (χ1v) is 6.13. The molecule has 0 amide bonds. The van der Waals surface area contributed by atoms with Crippen molar-refractivity contribution in [3.8, 4) is 0 Å². The summed E-state index contributed by atoms with van der Waals surface area (Å²) < 4.78 is 39.7. The standard InChI is InChI=1S/C12H11Cl2F3O2/c13-9-1-2-11(14)8(5-9)6-10(18)3-4-19-7-12(15,16)17/h1-2,5H,3-4,6-7H2. The zero-order valence-corrected chi connectivity index (χ0v) is 11.3. The van der Waals surface area contributed by atoms with E-state index in [0.717, 1.165) is 0 Å². The highest BCUT2D eigenvalue weighted by atomic mass is 35.5. The number of carbonyl (C=O) groups excluding carboxylic acids is 1. The third-order valence-corrected chi connectivity index (χ3v) is 2.79. The monoisotopic (exact) mass is 314 g/mol. The fraction of sp³-hybridized carbons (Fsp3) is 0.417. The van der Waals surface area contributed by atoms with Gasteiger partial charge >= 0.3 is 6.18 Å². The number of carbonyl (C=O) groups is 1. The molecule has 106 valence electrons. The Labute approximate surface area is 118 Å². The van der Waals surface area contributed by atoms with Gasteiger partial charge in [0.2, 0.25) is 0 Å². The highest BCUT2D eigenvalue weighted by Crippen LogP contribution is 2.21. The molecule has 0 aliphatic rings. The molecule has 0 saturated carbocycles. The first kappa shape index (κ1) is 16.3. The molecule has 0 unspecified atom stereocenters. The summed E-state index contributed by atoms with van der Waals surface area (Å²) in [5.41, 5.74) is 0.551. The molecule has 0 heterocycles. The second-order valence-electron chi connectivity index (χ2n) is 3.87. The first-order chi connectivity index (χ1) is 8.78. The van der Waals surface area contributed by atoms with E-state index in [-0.39, 0.29) is 25.2 Å². The lowest BCUT2D eigenvalue weighted by atomic mass is 10.1. The molecule has 19 heavy (non-hydrogen) atoms. The summed E-state index contributed by atoms with van der Waals surface area (Å²) in [5.74, 6) is -0.258. The van der Waals surface area contributed by atoms with Crippen molar-refractivity contribution in [2.45, 2.75) is 19.0 Å². The van der Waals surface area contributed by atoms with Crippen LogP contribution < -0.4 is 0 Å². The molecule has 1 rings (SSSR count). The predicted molar refractivity (Wildman–Crippen MR) is 66.7 cm³/mol. The van der Waals surface area contributed by atoms with Gasteiger partial charge in [-0.2, -0.15) is 13.2 Å². The molecular formula is C12H11Cl2F3O2. The molecular weight excluding hydrogens is 304 g/mol. The molecule has 0 saturated heterocycles. The Bertz CT molecular complexity index is 447. The number of benzene rings is 1. The Morgan fingerprint density at radius 1 is 1.26 bits per heavy atom. The van der Waals surface area contributed by atoms with E-state index in [0.29, 0.717) is 15.6 Å². The van der Waals surface area contributed by atoms with E-state index < -0.39 is 12.8 Å². The van der Waals surface area contributed by atoms with Crippen LogP contribution in [0.5, 0.6) is 0 Å². The van der Waals surface area contributed by atoms with Crippen LogP contribution in [0, 0.1) is 0 Å². The molecule has 0 N–H and O–H groups in total. The summed E-state index contributed by atoms with van der Waals surface area (Å²) in [6.07, 6.45) is -4.45. The van der Waals surface area contributed by atoms with Crippen LogP contribution in [0.1, 0.15) is 12.0 Å². The van der Waals surface area contributed by atoms with E-state index in [2.05, 4.69) is 4.74 Å². The molecule has 0 aliphatic carbocycles. The largest absolute Gasteiger partial charge is 0.411 e. The van der Waals surface area contributed by atoms with Gasteiger partial charge < -0.3 is 4.74 Å². The van der Waals surface area contributed by atoms with E-state index in [1.807, 2.05) is 0 Å². The molecule has 0 atom stereocenters. The molecule has 1 aromatic carbocycles. The number of rotatable bonds is 6. The van der Waals surface area contributed by atoms with Crippen molar-refractivity contribution >= 4 is 29.0 Å². The highest BCUT2D eigenvalue weighted by molar-refractivity contribution is 6.33. The zero-order chi connectivity index (χ0) is 14.5. The SMILES string of the molecule is O=C(CCOCC(F)(F)F)Cc1cc(Cl)ccc1Cl. The van der Waals surface area contributed by atoms with Crippen molar-refractivity contribution in [1.82, 2.24) is 0 Å². The lowest BCUT2D eigenvalue weighted by molar-refractivity contribution is -0.174. The Kier molecular flexibility index (Phi) is 6.10. The summed E-state index contributed by atoms with van der Waals surface area (Å²) >= 11 is 11.6. The van der Waals surface area contributed by atoms with E-state index >= 15 is 0 Å². The van der Waals surface area contributed by atoms with Gasteiger partial charge in [-0.15, -0.1) is 0 Å². The van der Waals surface area contributed by atoms with Crippen molar-refractivity contribution in [1.29, 1.82) is 0 Å². The quantitative estimate of drug-likeness (QED) is 0.740. The zero-order valence-electron chi connectivity index (χ0n) is 9.77. The summed E-state index contributed by atoms with van der Waals surface area (Å²) in [6, 6.07) is 4.70. The van der Waals surface area contributed by atoms with Crippen molar-refractivity contribution in [3.05, 3.63) is 33.8 Å². The molecule has 0 aliphatic heterocycles. The summed E-state index contributed by atoms with van der Waals surface area (Å²) in [5, 5.41) is 0.842. The predicted octanol–water partition coefficient (Wildman–Crippen LogP) is 4.07. The van der Waals surface area contributed by atoms with Crippen LogP contribution in [0.4, 0.5) is 13.2 Å². The maximum absolute atomic E-state index is 11.8. The number of hydrogen-bond donors (Lipinski definition) is 0. The number of alkyl halides is 3. The molecule has 7 heteroatoms. The van der Waals surface area contributed by atoms with Gasteiger partial charge in [0.15, 0.2) is 0 Å². The van der Waals surface area contributed by atoms with Gasteiger partial charge in [0.25, 0.3) is 0 Å². The summed E-state index contributed by atoms with van der Waals surface area (Å²) in [4.78, 5) is 11.5. The molecule has 0 spiro atoms. The number of hydrogen-bond acceptors (Lipinski definition) is 2. The van der Waals surface area contributed by atoms with E-state index in [4.69, 9.17) is 23.2 Å². The molecule has 1 aromatic rings. The van der Waals surface area contributed by atoms with Gasteiger partial charge in [0, 0.05) is 22.9 Å². The maximum Gasteiger partial charge on any atom is 0.411 e. The average molecular weight is 315 g/mol. The summed E-state index contributed by atoms with van der Waals surface area (Å²) in [6.45, 7) is -1.62. The molecule has 0 bridgehead atoms. The van der Waals surface area contributed by atoms with Crippen molar-refractivity contribution in [2.75, 3.05) is 13.2 Å². The maximum atomic E-state index is 11.8. The van der Waals surface area contributed by atoms with Crippen molar-refractivity contribution in [3.63, 3.8) is 0 Å². The topological polar surface area (TPSA) is 26.3 Å². The number of halogens is 5. The molecule has 0 fully saturated rings. The number of ketones is 1. The van der Waals surface area contributed by atoms with E-state index in [1.54, 1.807) is 18.2 Å². The van der Waals surface area contributed by atoms with Crippen LogP contribution in [0.3, 0.4) is 0 Å². The number of ether oxygens (including phenoxy) is 1. The van der Waals surface area contributed by atoms with Crippen LogP contribution in [0.2, 0.25) is 10.0 Å². The lowest BCUT2D eigenvalue weighted by Crippen LogP contribution is -2.18. The van der Waals surface area contributed by atoms with Crippen molar-refractivity contribution < 1.29 is 22.7 Å². The molecule has 2 nitrogen and oxygen atoms in total. The third-order valence-electron chi connectivity index (χ3n) is 2.19. The molecule has 0 radical (unpaired) electrons. The average Bonchev–Trinajstić information content (AvgIpc) is 2.28. The minimum Gasteiger partial charge on any atom is -0.372 e. The second kappa shape index (κ2) is 7.12. The smallest absolute Gasteiger partial charge is 0.372 e. The minimum absolute atomic E-state index is 0.0226. The lowest BCUT2D eigenvalue weighted by Gasteiger charge is -2.07. The molecule has 0 aromatic heterocycles. The number of Topliss-reactive ketones (excluding diaryl/α,β-unsaturated/α-hetero) is 1.